The molecule has 0 bridgehead atoms. The van der Waals surface area contributed by atoms with Crippen LogP contribution in [0.25, 0.3) is 0 Å². The molecular formula is C15H29NO10. The highest BCUT2D eigenvalue weighted by Crippen LogP contribution is 2.22. The van der Waals surface area contributed by atoms with Gasteiger partial charge < -0.3 is 50.5 Å². The van der Waals surface area contributed by atoms with Gasteiger partial charge in [0.25, 0.3) is 0 Å². The average molecular weight is 383 g/mol. The van der Waals surface area contributed by atoms with Gasteiger partial charge in [0.1, 0.15) is 36.6 Å². The summed E-state index contributed by atoms with van der Waals surface area (Å²) in [5.74, 6) is -0.810. The van der Waals surface area contributed by atoms with E-state index in [2.05, 4.69) is 5.32 Å². The normalized spacial score (nSPS) is 34.0. The lowest BCUT2D eigenvalue weighted by Crippen LogP contribution is -2.60. The molecule has 0 radical (unpaired) electrons. The lowest BCUT2D eigenvalue weighted by Gasteiger charge is -2.40. The van der Waals surface area contributed by atoms with Crippen LogP contribution in [0.4, 0.5) is 0 Å². The zero-order valence-corrected chi connectivity index (χ0v) is 14.7. The lowest BCUT2D eigenvalue weighted by atomic mass is 9.99. The van der Waals surface area contributed by atoms with Crippen LogP contribution in [0, 0.1) is 0 Å². The van der Waals surface area contributed by atoms with E-state index in [1.807, 2.05) is 0 Å². The van der Waals surface area contributed by atoms with Crippen molar-refractivity contribution >= 4 is 5.91 Å². The van der Waals surface area contributed by atoms with Crippen LogP contribution < -0.4 is 5.32 Å². The summed E-state index contributed by atoms with van der Waals surface area (Å²) in [6.07, 6.45) is -11.3. The molecule has 0 aliphatic carbocycles. The summed E-state index contributed by atoms with van der Waals surface area (Å²) < 4.78 is 10.4. The second-order valence-electron chi connectivity index (χ2n) is 6.29. The van der Waals surface area contributed by atoms with Crippen LogP contribution in [-0.4, -0.2) is 110 Å². The molecule has 1 aliphatic rings. The number of amides is 1. The fourth-order valence-electron chi connectivity index (χ4n) is 2.44. The van der Waals surface area contributed by atoms with Gasteiger partial charge in [-0.3, -0.25) is 4.79 Å². The molecule has 2 unspecified atom stereocenters. The predicted molar refractivity (Wildman–Crippen MR) is 85.6 cm³/mol. The molecule has 0 saturated carbocycles. The smallest absolute Gasteiger partial charge is 0.248 e. The minimum atomic E-state index is -1.64. The highest BCUT2D eigenvalue weighted by molar-refractivity contribution is 5.80. The van der Waals surface area contributed by atoms with Gasteiger partial charge in [-0.1, -0.05) is 6.92 Å². The van der Waals surface area contributed by atoms with Crippen molar-refractivity contribution in [2.24, 2.45) is 0 Å². The Bertz CT molecular complexity index is 435. The first kappa shape index (κ1) is 23.1. The van der Waals surface area contributed by atoms with Crippen LogP contribution in [0.2, 0.25) is 0 Å². The van der Waals surface area contributed by atoms with E-state index in [9.17, 15) is 35.4 Å². The zero-order valence-electron chi connectivity index (χ0n) is 14.7. The zero-order chi connectivity index (χ0) is 20.0. The summed E-state index contributed by atoms with van der Waals surface area (Å²) in [4.78, 5) is 11.7. The molecular weight excluding hydrogens is 354 g/mol. The average Bonchev–Trinajstić information content (AvgIpc) is 2.62. The van der Waals surface area contributed by atoms with Crippen LogP contribution in [0.3, 0.4) is 0 Å². The summed E-state index contributed by atoms with van der Waals surface area (Å²) in [7, 11) is 0. The van der Waals surface area contributed by atoms with Crippen LogP contribution >= 0.6 is 0 Å². The van der Waals surface area contributed by atoms with E-state index >= 15 is 0 Å². The number of carbonyl (C=O) groups is 1. The fourth-order valence-corrected chi connectivity index (χ4v) is 2.44. The second-order valence-corrected chi connectivity index (χ2v) is 6.29. The largest absolute Gasteiger partial charge is 0.394 e. The van der Waals surface area contributed by atoms with Crippen LogP contribution in [0.15, 0.2) is 0 Å². The van der Waals surface area contributed by atoms with Gasteiger partial charge in [-0.25, -0.2) is 0 Å². The molecule has 1 heterocycles. The molecule has 8 N–H and O–H groups in total. The Balaban J connectivity index is 2.79. The van der Waals surface area contributed by atoms with E-state index in [1.54, 1.807) is 6.92 Å². The van der Waals surface area contributed by atoms with Crippen LogP contribution in [-0.2, 0) is 14.3 Å². The van der Waals surface area contributed by atoms with Gasteiger partial charge in [0.05, 0.1) is 25.4 Å². The summed E-state index contributed by atoms with van der Waals surface area (Å²) in [5.41, 5.74) is 0. The summed E-state index contributed by atoms with van der Waals surface area (Å²) in [6.45, 7) is 1.75. The molecule has 1 fully saturated rings. The Morgan fingerprint density at radius 3 is 2.27 bits per heavy atom. The monoisotopic (exact) mass is 383 g/mol. The molecule has 26 heavy (non-hydrogen) atoms. The molecule has 11 heteroatoms. The quantitative estimate of drug-likeness (QED) is 0.194. The van der Waals surface area contributed by atoms with Crippen molar-refractivity contribution in [3.8, 4) is 0 Å². The van der Waals surface area contributed by atoms with Gasteiger partial charge in [-0.15, -0.1) is 0 Å². The molecule has 0 aromatic heterocycles. The van der Waals surface area contributed by atoms with Crippen molar-refractivity contribution in [1.82, 2.24) is 5.32 Å². The van der Waals surface area contributed by atoms with Crippen molar-refractivity contribution in [3.05, 3.63) is 0 Å². The first-order valence-corrected chi connectivity index (χ1v) is 8.40. The van der Waals surface area contributed by atoms with E-state index in [-0.39, 0.29) is 6.42 Å². The topological polar surface area (TPSA) is 189 Å². The number of hydrogen-bond acceptors (Lipinski definition) is 10. The number of rotatable bonds is 9. The summed E-state index contributed by atoms with van der Waals surface area (Å²) in [5, 5.41) is 70.0. The SMILES string of the molecule is CC[C@@H](O)[C@@H](O)[C@H](CO[C@H]1OC(CO)[C@H](O)[C@@H](O)C1O)NC(=O)[C@@H](C)O. The second kappa shape index (κ2) is 10.4. The Morgan fingerprint density at radius 1 is 1.15 bits per heavy atom. The van der Waals surface area contributed by atoms with E-state index in [4.69, 9.17) is 14.6 Å². The number of nitrogens with one attached hydrogen (secondary N) is 1. The highest BCUT2D eigenvalue weighted by atomic mass is 16.7. The van der Waals surface area contributed by atoms with Crippen LogP contribution in [0.5, 0.6) is 0 Å². The molecule has 1 amide bonds. The highest BCUT2D eigenvalue weighted by Gasteiger charge is 2.44. The first-order valence-electron chi connectivity index (χ1n) is 8.40. The molecule has 0 spiro atoms. The summed E-state index contributed by atoms with van der Waals surface area (Å²) in [6, 6.07) is -1.15. The fraction of sp³-hybridized carbons (Fsp3) is 0.933. The Kier molecular flexibility index (Phi) is 9.30. The van der Waals surface area contributed by atoms with Gasteiger partial charge in [-0.2, -0.15) is 0 Å². The number of carbonyl (C=O) groups excluding carboxylic acids is 1. The third kappa shape index (κ3) is 5.81. The van der Waals surface area contributed by atoms with Crippen molar-refractivity contribution < 1.29 is 50.0 Å². The Morgan fingerprint density at radius 2 is 1.77 bits per heavy atom. The third-order valence-electron chi connectivity index (χ3n) is 4.22. The van der Waals surface area contributed by atoms with Crippen molar-refractivity contribution in [1.29, 1.82) is 0 Å². The Labute approximate surface area is 150 Å². The standard InChI is InChI=1S/C15H29NO10/c1-3-8(19)10(20)7(16-14(24)6(2)18)5-25-15-13(23)12(22)11(21)9(4-17)26-15/h6-13,15,17-23H,3-5H2,1-2H3,(H,16,24)/t6-,7+,8-,9?,10+,11+,12-,13?,15+/m1/s1. The maximum atomic E-state index is 11.7. The van der Waals surface area contributed by atoms with Gasteiger partial charge in [0.2, 0.25) is 5.91 Å². The minimum absolute atomic E-state index is 0.183. The van der Waals surface area contributed by atoms with Crippen molar-refractivity contribution in [2.45, 2.75) is 75.3 Å². The molecule has 0 aromatic carbocycles. The molecule has 11 nitrogen and oxygen atoms in total. The Hall–Kier alpha value is -0.890. The first-order chi connectivity index (χ1) is 12.1. The third-order valence-corrected chi connectivity index (χ3v) is 4.22. The minimum Gasteiger partial charge on any atom is -0.394 e. The summed E-state index contributed by atoms with van der Waals surface area (Å²) >= 11 is 0. The lowest BCUT2D eigenvalue weighted by molar-refractivity contribution is -0.303. The number of hydrogen-bond donors (Lipinski definition) is 8. The molecule has 9 atom stereocenters. The van der Waals surface area contributed by atoms with Crippen molar-refractivity contribution in [3.63, 3.8) is 0 Å². The molecule has 1 rings (SSSR count). The molecule has 1 saturated heterocycles. The number of aliphatic hydroxyl groups excluding tert-OH is 7. The van der Waals surface area contributed by atoms with E-state index < -0.39 is 74.2 Å². The maximum Gasteiger partial charge on any atom is 0.248 e. The molecule has 0 aromatic rings. The van der Waals surface area contributed by atoms with Crippen LogP contribution in [0.1, 0.15) is 20.3 Å². The van der Waals surface area contributed by atoms with E-state index in [0.717, 1.165) is 0 Å². The number of aliphatic hydroxyl groups is 7. The van der Waals surface area contributed by atoms with Gasteiger partial charge in [-0.05, 0) is 13.3 Å². The van der Waals surface area contributed by atoms with Crippen molar-refractivity contribution in [2.75, 3.05) is 13.2 Å². The van der Waals surface area contributed by atoms with Gasteiger partial charge in [0, 0.05) is 0 Å². The maximum absolute atomic E-state index is 11.7. The predicted octanol–water partition coefficient (Wildman–Crippen LogP) is -4.20. The van der Waals surface area contributed by atoms with Gasteiger partial charge >= 0.3 is 0 Å². The molecule has 1 aliphatic heterocycles. The molecule has 154 valence electrons. The number of ether oxygens (including phenoxy) is 2. The van der Waals surface area contributed by atoms with E-state index in [0.29, 0.717) is 0 Å². The van der Waals surface area contributed by atoms with E-state index in [1.165, 1.54) is 6.92 Å². The van der Waals surface area contributed by atoms with Gasteiger partial charge in [0.15, 0.2) is 6.29 Å².